The number of aromatic hydroxyl groups is 1. The monoisotopic (exact) mass is 469 g/mol. The molecule has 2 aromatic carbocycles. The fraction of sp³-hybridized carbons (Fsp3) is 0.375. The standard InChI is InChI=1S/C24H28ClN5OS/c1-15-11-16(2)13-29(12-15)14-30-21-10-5-4-7-18(21)22(23(30)31)27-28-24(32)26-20-9-6-8-19(25)17(20)3/h4-10,15-16,31H,11-14H2,1-3H3,(H,26,32). The van der Waals surface area contributed by atoms with Crippen molar-refractivity contribution in [2.45, 2.75) is 33.9 Å². The van der Waals surface area contributed by atoms with Crippen molar-refractivity contribution in [1.82, 2.24) is 9.47 Å². The minimum atomic E-state index is 0.0996. The lowest BCUT2D eigenvalue weighted by Gasteiger charge is -2.35. The van der Waals surface area contributed by atoms with Crippen molar-refractivity contribution in [2.24, 2.45) is 22.1 Å². The number of aromatic nitrogens is 1. The number of azo groups is 1. The Labute approximate surface area is 198 Å². The summed E-state index contributed by atoms with van der Waals surface area (Å²) in [4.78, 5) is 2.39. The number of likely N-dealkylation sites (tertiary alicyclic amines) is 1. The van der Waals surface area contributed by atoms with Gasteiger partial charge in [0.15, 0.2) is 5.69 Å². The molecule has 6 nitrogen and oxygen atoms in total. The average molecular weight is 470 g/mol. The molecule has 0 spiro atoms. The van der Waals surface area contributed by atoms with Crippen LogP contribution in [0.1, 0.15) is 25.8 Å². The van der Waals surface area contributed by atoms with Gasteiger partial charge in [-0.25, -0.2) is 0 Å². The Morgan fingerprint density at radius 3 is 2.62 bits per heavy atom. The molecule has 0 bridgehead atoms. The highest BCUT2D eigenvalue weighted by molar-refractivity contribution is 7.80. The van der Waals surface area contributed by atoms with Gasteiger partial charge in [0.25, 0.3) is 0 Å². The van der Waals surface area contributed by atoms with Crippen molar-refractivity contribution in [3.63, 3.8) is 0 Å². The Kier molecular flexibility index (Phi) is 6.79. The first-order chi connectivity index (χ1) is 15.3. The van der Waals surface area contributed by atoms with Gasteiger partial charge in [0, 0.05) is 29.2 Å². The molecule has 1 saturated heterocycles. The van der Waals surface area contributed by atoms with E-state index in [0.29, 0.717) is 29.2 Å². The van der Waals surface area contributed by atoms with Gasteiger partial charge in [-0.05, 0) is 61.2 Å². The molecule has 2 unspecified atom stereocenters. The van der Waals surface area contributed by atoms with Crippen LogP contribution in [0.3, 0.4) is 0 Å². The molecule has 4 rings (SSSR count). The minimum Gasteiger partial charge on any atom is -0.493 e. The third kappa shape index (κ3) is 4.80. The normalized spacial score (nSPS) is 19.6. The van der Waals surface area contributed by atoms with Crippen molar-refractivity contribution in [2.75, 3.05) is 18.4 Å². The smallest absolute Gasteiger partial charge is 0.221 e. The van der Waals surface area contributed by atoms with Gasteiger partial charge >= 0.3 is 0 Å². The van der Waals surface area contributed by atoms with E-state index in [1.165, 1.54) is 6.42 Å². The van der Waals surface area contributed by atoms with Gasteiger partial charge in [-0.1, -0.05) is 49.7 Å². The van der Waals surface area contributed by atoms with Crippen LogP contribution in [0.5, 0.6) is 5.88 Å². The molecule has 8 heteroatoms. The summed E-state index contributed by atoms with van der Waals surface area (Å²) < 4.78 is 1.91. The van der Waals surface area contributed by atoms with Crippen LogP contribution in [0, 0.1) is 18.8 Å². The molecule has 2 heterocycles. The molecule has 1 aliphatic heterocycles. The van der Waals surface area contributed by atoms with E-state index in [-0.39, 0.29) is 11.0 Å². The first kappa shape index (κ1) is 22.7. The molecule has 1 aromatic heterocycles. The zero-order chi connectivity index (χ0) is 22.8. The molecule has 0 aliphatic carbocycles. The second-order valence-corrected chi connectivity index (χ2v) is 9.58. The maximum Gasteiger partial charge on any atom is 0.221 e. The number of nitrogens with zero attached hydrogens (tertiary/aromatic N) is 4. The van der Waals surface area contributed by atoms with Crippen LogP contribution in [-0.2, 0) is 6.67 Å². The van der Waals surface area contributed by atoms with Crippen molar-refractivity contribution in [3.8, 4) is 5.88 Å². The van der Waals surface area contributed by atoms with E-state index in [4.69, 9.17) is 23.8 Å². The molecule has 0 amide bonds. The van der Waals surface area contributed by atoms with E-state index in [9.17, 15) is 5.11 Å². The SMILES string of the molecule is Cc1c(Cl)cccc1NC(=S)N=Nc1c(O)n(CN2CC(C)CC(C)C2)c2ccccc12. The van der Waals surface area contributed by atoms with E-state index < -0.39 is 0 Å². The highest BCUT2D eigenvalue weighted by Gasteiger charge is 2.24. The van der Waals surface area contributed by atoms with Crippen LogP contribution in [0.2, 0.25) is 5.02 Å². The third-order valence-corrected chi connectivity index (χ3v) is 6.55. The third-order valence-electron chi connectivity index (χ3n) is 5.95. The zero-order valence-corrected chi connectivity index (χ0v) is 20.1. The molecular formula is C24H28ClN5OS. The molecule has 2 atom stereocenters. The summed E-state index contributed by atoms with van der Waals surface area (Å²) in [5.41, 5.74) is 3.01. The first-order valence-electron chi connectivity index (χ1n) is 10.8. The van der Waals surface area contributed by atoms with Crippen LogP contribution in [0.15, 0.2) is 52.7 Å². The summed E-state index contributed by atoms with van der Waals surface area (Å²) >= 11 is 11.5. The number of fused-ring (bicyclic) bond motifs is 1. The Balaban J connectivity index is 1.59. The van der Waals surface area contributed by atoms with Gasteiger partial charge in [0.05, 0.1) is 12.2 Å². The van der Waals surface area contributed by atoms with Crippen LogP contribution >= 0.6 is 23.8 Å². The number of nitrogens with one attached hydrogen (secondary N) is 1. The highest BCUT2D eigenvalue weighted by Crippen LogP contribution is 2.39. The number of thiocarbonyl (C=S) groups is 1. The van der Waals surface area contributed by atoms with E-state index in [2.05, 4.69) is 34.3 Å². The van der Waals surface area contributed by atoms with Crippen molar-refractivity contribution in [1.29, 1.82) is 0 Å². The highest BCUT2D eigenvalue weighted by atomic mass is 35.5. The Hall–Kier alpha value is -2.48. The number of halogens is 1. The van der Waals surface area contributed by atoms with E-state index in [1.54, 1.807) is 0 Å². The van der Waals surface area contributed by atoms with E-state index in [1.807, 2.05) is 54.0 Å². The van der Waals surface area contributed by atoms with Crippen molar-refractivity contribution >= 4 is 51.2 Å². The van der Waals surface area contributed by atoms with Gasteiger partial charge in [-0.2, -0.15) is 0 Å². The number of hydrogen-bond acceptors (Lipinski definition) is 4. The number of anilines is 1. The first-order valence-corrected chi connectivity index (χ1v) is 11.6. The molecule has 2 N–H and O–H groups in total. The second-order valence-electron chi connectivity index (χ2n) is 8.78. The topological polar surface area (TPSA) is 65.2 Å². The molecule has 0 radical (unpaired) electrons. The van der Waals surface area contributed by atoms with Gasteiger partial charge in [-0.15, -0.1) is 10.2 Å². The number of piperidine rings is 1. The van der Waals surface area contributed by atoms with Gasteiger partial charge in [0.1, 0.15) is 0 Å². The lowest BCUT2D eigenvalue weighted by molar-refractivity contribution is 0.108. The molecule has 168 valence electrons. The predicted octanol–water partition coefficient (Wildman–Crippen LogP) is 6.72. The van der Waals surface area contributed by atoms with Crippen LogP contribution in [0.25, 0.3) is 10.9 Å². The number of benzene rings is 2. The average Bonchev–Trinajstić information content (AvgIpc) is 3.00. The zero-order valence-electron chi connectivity index (χ0n) is 18.5. The fourth-order valence-corrected chi connectivity index (χ4v) is 4.92. The summed E-state index contributed by atoms with van der Waals surface area (Å²) in [5.74, 6) is 1.38. The van der Waals surface area contributed by atoms with Gasteiger partial charge < -0.3 is 10.4 Å². The molecule has 0 saturated carbocycles. The van der Waals surface area contributed by atoms with E-state index >= 15 is 0 Å². The maximum absolute atomic E-state index is 11.1. The molecule has 1 fully saturated rings. The van der Waals surface area contributed by atoms with Crippen LogP contribution in [-0.4, -0.2) is 32.8 Å². The van der Waals surface area contributed by atoms with Gasteiger partial charge in [-0.3, -0.25) is 9.47 Å². The maximum atomic E-state index is 11.1. The second kappa shape index (κ2) is 9.57. The quantitative estimate of drug-likeness (QED) is 0.328. The van der Waals surface area contributed by atoms with Crippen LogP contribution < -0.4 is 5.32 Å². The lowest BCUT2D eigenvalue weighted by Crippen LogP contribution is -2.39. The van der Waals surface area contributed by atoms with Crippen molar-refractivity contribution < 1.29 is 5.11 Å². The predicted molar refractivity (Wildman–Crippen MR) is 135 cm³/mol. The van der Waals surface area contributed by atoms with E-state index in [0.717, 1.165) is 35.2 Å². The fourth-order valence-electron chi connectivity index (χ4n) is 4.60. The summed E-state index contributed by atoms with van der Waals surface area (Å²) in [6.07, 6.45) is 1.24. The summed E-state index contributed by atoms with van der Waals surface area (Å²) in [6, 6.07) is 13.4. The summed E-state index contributed by atoms with van der Waals surface area (Å²) in [7, 11) is 0. The molecular weight excluding hydrogens is 442 g/mol. The largest absolute Gasteiger partial charge is 0.493 e. The summed E-state index contributed by atoms with van der Waals surface area (Å²) in [6.45, 7) is 9.12. The number of para-hydroxylation sites is 1. The minimum absolute atomic E-state index is 0.0996. The number of rotatable bonds is 4. The van der Waals surface area contributed by atoms with Crippen molar-refractivity contribution in [3.05, 3.63) is 53.1 Å². The summed E-state index contributed by atoms with van der Waals surface area (Å²) in [5, 5.41) is 24.3. The Bertz CT molecular complexity index is 1160. The Morgan fingerprint density at radius 2 is 1.88 bits per heavy atom. The molecule has 32 heavy (non-hydrogen) atoms. The van der Waals surface area contributed by atoms with Crippen LogP contribution in [0.4, 0.5) is 11.4 Å². The lowest BCUT2D eigenvalue weighted by atomic mass is 9.92. The molecule has 1 aliphatic rings. The Morgan fingerprint density at radius 1 is 1.16 bits per heavy atom. The number of hydrogen-bond donors (Lipinski definition) is 2. The molecule has 3 aromatic rings. The van der Waals surface area contributed by atoms with Gasteiger partial charge in [0.2, 0.25) is 11.0 Å².